The van der Waals surface area contributed by atoms with Crippen molar-refractivity contribution in [2.75, 3.05) is 11.2 Å². The molecule has 2 heterocycles. The molecule has 0 atom stereocenters. The van der Waals surface area contributed by atoms with Crippen molar-refractivity contribution in [3.63, 3.8) is 0 Å². The minimum Gasteiger partial charge on any atom is -0.388 e. The Morgan fingerprint density at radius 2 is 1.68 bits per heavy atom. The average molecular weight is 610 g/mol. The number of nitrogens with zero attached hydrogens (tertiary/aromatic N) is 2. The quantitative estimate of drug-likeness (QED) is 0.222. The van der Waals surface area contributed by atoms with Gasteiger partial charge in [-0.2, -0.15) is 11.8 Å². The molecule has 1 aliphatic rings. The predicted molar refractivity (Wildman–Crippen MR) is 153 cm³/mol. The number of aromatic nitrogens is 2. The number of thioether (sulfide) groups is 1. The van der Waals surface area contributed by atoms with Crippen molar-refractivity contribution in [2.24, 2.45) is 0 Å². The van der Waals surface area contributed by atoms with Gasteiger partial charge in [-0.25, -0.2) is 19.3 Å². The molecule has 0 aliphatic carbocycles. The molecule has 0 bridgehead atoms. The second-order valence-corrected chi connectivity index (χ2v) is 10.8. The van der Waals surface area contributed by atoms with Gasteiger partial charge in [0, 0.05) is 21.6 Å². The van der Waals surface area contributed by atoms with Crippen molar-refractivity contribution >= 4 is 81.6 Å². The molecule has 0 saturated heterocycles. The number of ether oxygens (including phenoxy) is 1. The van der Waals surface area contributed by atoms with Crippen LogP contribution in [0.5, 0.6) is 5.88 Å². The number of rotatable bonds is 5. The van der Waals surface area contributed by atoms with Crippen molar-refractivity contribution in [1.82, 2.24) is 15.2 Å². The molecule has 0 fully saturated rings. The molecule has 12 heteroatoms. The molecule has 0 radical (unpaired) electrons. The van der Waals surface area contributed by atoms with Crippen LogP contribution in [-0.4, -0.2) is 21.6 Å². The van der Waals surface area contributed by atoms with Gasteiger partial charge in [-0.1, -0.05) is 58.5 Å². The summed E-state index contributed by atoms with van der Waals surface area (Å²) < 4.78 is 20.7. The number of carbonyl (C=O) groups excluding carboxylic acids is 1. The van der Waals surface area contributed by atoms with Gasteiger partial charge in [0.05, 0.1) is 32.7 Å². The van der Waals surface area contributed by atoms with Gasteiger partial charge in [0.25, 0.3) is 0 Å². The van der Waals surface area contributed by atoms with Crippen molar-refractivity contribution < 1.29 is 13.9 Å². The van der Waals surface area contributed by atoms with Crippen LogP contribution >= 0.6 is 58.2 Å². The molecular formula is C26H17Cl4FN4O2S. The second-order valence-electron chi connectivity index (χ2n) is 8.12. The molecule has 6 nitrogen and oxygen atoms in total. The Hall–Kier alpha value is -2.88. The van der Waals surface area contributed by atoms with Crippen LogP contribution in [0.1, 0.15) is 16.8 Å². The van der Waals surface area contributed by atoms with Crippen LogP contribution in [0, 0.1) is 5.82 Å². The maximum absolute atomic E-state index is 13.5. The highest BCUT2D eigenvalue weighted by Crippen LogP contribution is 2.41. The zero-order valence-electron chi connectivity index (χ0n) is 19.3. The molecule has 194 valence electrons. The van der Waals surface area contributed by atoms with Crippen LogP contribution in [0.3, 0.4) is 0 Å². The Bertz CT molecular complexity index is 1560. The van der Waals surface area contributed by atoms with Crippen molar-refractivity contribution in [3.05, 3.63) is 103 Å². The van der Waals surface area contributed by atoms with Gasteiger partial charge in [0.2, 0.25) is 5.88 Å². The minimum atomic E-state index is -0.801. The summed E-state index contributed by atoms with van der Waals surface area (Å²) in [5.41, 5.74) is 9.32. The van der Waals surface area contributed by atoms with E-state index < -0.39 is 6.09 Å². The number of hydrazine groups is 1. The van der Waals surface area contributed by atoms with Gasteiger partial charge in [-0.15, -0.1) is 5.10 Å². The lowest BCUT2D eigenvalue weighted by molar-refractivity contribution is 0.200. The molecule has 0 unspecified atom stereocenters. The molecule has 1 aromatic heterocycles. The highest BCUT2D eigenvalue weighted by molar-refractivity contribution is 7.99. The molecule has 1 amide bonds. The van der Waals surface area contributed by atoms with E-state index in [1.165, 1.54) is 12.1 Å². The van der Waals surface area contributed by atoms with E-state index in [1.807, 2.05) is 6.08 Å². The fourth-order valence-corrected chi connectivity index (χ4v) is 5.77. The number of hydrogen-bond donors (Lipinski definition) is 2. The Labute approximate surface area is 241 Å². The summed E-state index contributed by atoms with van der Waals surface area (Å²) in [7, 11) is 0. The van der Waals surface area contributed by atoms with Gasteiger partial charge in [0.15, 0.2) is 0 Å². The maximum Gasteiger partial charge on any atom is 0.432 e. The number of anilines is 1. The number of fused-ring (bicyclic) bond motifs is 1. The fourth-order valence-electron chi connectivity index (χ4n) is 3.82. The van der Waals surface area contributed by atoms with E-state index in [0.29, 0.717) is 48.5 Å². The zero-order valence-corrected chi connectivity index (χ0v) is 23.1. The molecule has 0 saturated carbocycles. The van der Waals surface area contributed by atoms with Crippen molar-refractivity contribution in [3.8, 4) is 11.6 Å². The lowest BCUT2D eigenvalue weighted by Gasteiger charge is -2.18. The summed E-state index contributed by atoms with van der Waals surface area (Å²) in [4.78, 5) is 12.7. The predicted octanol–water partition coefficient (Wildman–Crippen LogP) is 8.53. The number of nitrogens with one attached hydrogen (secondary N) is 2. The molecule has 0 spiro atoms. The van der Waals surface area contributed by atoms with E-state index in [-0.39, 0.29) is 11.7 Å². The largest absolute Gasteiger partial charge is 0.432 e. The maximum atomic E-state index is 13.5. The third-order valence-corrected chi connectivity index (χ3v) is 7.62. The number of carbonyl (C=O) groups is 1. The molecule has 38 heavy (non-hydrogen) atoms. The first kappa shape index (κ1) is 26.7. The summed E-state index contributed by atoms with van der Waals surface area (Å²) in [6.07, 6.45) is 1.14. The Kier molecular flexibility index (Phi) is 8.07. The third kappa shape index (κ3) is 5.90. The summed E-state index contributed by atoms with van der Waals surface area (Å²) in [5.74, 6) is 0.993. The van der Waals surface area contributed by atoms with Gasteiger partial charge in [0.1, 0.15) is 5.82 Å². The van der Waals surface area contributed by atoms with Crippen molar-refractivity contribution in [1.29, 1.82) is 0 Å². The SMILES string of the molecule is O=C(NNc1ccc(Cl)cc1Cl)Oc1nn(-c2ccc(Cl)cc2Cl)c2c1CSC/C2=C\c1ccc(F)cc1. The first-order chi connectivity index (χ1) is 18.3. The summed E-state index contributed by atoms with van der Waals surface area (Å²) in [6, 6.07) is 16.0. The first-order valence-electron chi connectivity index (χ1n) is 11.1. The highest BCUT2D eigenvalue weighted by Gasteiger charge is 2.28. The first-order valence-corrected chi connectivity index (χ1v) is 13.8. The minimum absolute atomic E-state index is 0.115. The molecule has 1 aliphatic heterocycles. The van der Waals surface area contributed by atoms with Gasteiger partial charge in [-0.05, 0) is 65.7 Å². The topological polar surface area (TPSA) is 68.2 Å². The van der Waals surface area contributed by atoms with Crippen molar-refractivity contribution in [2.45, 2.75) is 5.75 Å². The van der Waals surface area contributed by atoms with Crippen LogP contribution in [0.25, 0.3) is 17.3 Å². The second kappa shape index (κ2) is 11.5. The lowest BCUT2D eigenvalue weighted by Crippen LogP contribution is -2.32. The van der Waals surface area contributed by atoms with Crippen LogP contribution in [0.4, 0.5) is 14.9 Å². The molecule has 2 N–H and O–H groups in total. The molecule has 5 rings (SSSR count). The van der Waals surface area contributed by atoms with Crippen LogP contribution in [0.15, 0.2) is 60.7 Å². The van der Waals surface area contributed by atoms with Gasteiger partial charge in [-0.3, -0.25) is 5.43 Å². The summed E-state index contributed by atoms with van der Waals surface area (Å²) >= 11 is 26.3. The number of amides is 1. The monoisotopic (exact) mass is 608 g/mol. The lowest BCUT2D eigenvalue weighted by atomic mass is 10.1. The summed E-state index contributed by atoms with van der Waals surface area (Å²) in [5, 5.41) is 6.23. The number of benzene rings is 3. The van der Waals surface area contributed by atoms with Gasteiger partial charge < -0.3 is 4.74 Å². The summed E-state index contributed by atoms with van der Waals surface area (Å²) in [6.45, 7) is 0. The fraction of sp³-hybridized carbons (Fsp3) is 0.0769. The number of halogens is 5. The Balaban J connectivity index is 1.50. The van der Waals surface area contributed by atoms with Crippen LogP contribution < -0.4 is 15.6 Å². The average Bonchev–Trinajstić information content (AvgIpc) is 3.24. The highest BCUT2D eigenvalue weighted by atomic mass is 35.5. The standard InChI is InChI=1S/C26H17Cl4FN4O2S/c27-16-3-7-22(20(29)10-16)32-33-26(36)37-25-19-13-38-12-15(9-14-1-5-18(31)6-2-14)24(19)35(34-25)23-8-4-17(28)11-21(23)30/h1-11,32H,12-13H2,(H,33,36)/b15-9+. The smallest absolute Gasteiger partial charge is 0.388 e. The van der Waals surface area contributed by atoms with E-state index in [1.54, 1.807) is 65.0 Å². The van der Waals surface area contributed by atoms with E-state index >= 15 is 0 Å². The van der Waals surface area contributed by atoms with E-state index in [9.17, 15) is 9.18 Å². The Morgan fingerprint density at radius 3 is 2.39 bits per heavy atom. The Morgan fingerprint density at radius 1 is 0.974 bits per heavy atom. The molecule has 4 aromatic rings. The van der Waals surface area contributed by atoms with E-state index in [0.717, 1.165) is 16.8 Å². The van der Waals surface area contributed by atoms with Gasteiger partial charge >= 0.3 is 6.09 Å². The number of hydrogen-bond acceptors (Lipinski definition) is 5. The van der Waals surface area contributed by atoms with Crippen LogP contribution in [-0.2, 0) is 5.75 Å². The normalized spacial score (nSPS) is 13.8. The molecular weight excluding hydrogens is 593 g/mol. The molecule has 3 aromatic carbocycles. The third-order valence-electron chi connectivity index (χ3n) is 5.52. The zero-order chi connectivity index (χ0) is 26.8. The van der Waals surface area contributed by atoms with E-state index in [2.05, 4.69) is 16.0 Å². The van der Waals surface area contributed by atoms with E-state index in [4.69, 9.17) is 51.1 Å². The van der Waals surface area contributed by atoms with Crippen LogP contribution in [0.2, 0.25) is 20.1 Å².